The molecule has 0 aliphatic rings. The van der Waals surface area contributed by atoms with E-state index in [1.165, 1.54) is 11.8 Å². The highest BCUT2D eigenvalue weighted by molar-refractivity contribution is 7.99. The maximum absolute atomic E-state index is 12.4. The first-order valence-corrected chi connectivity index (χ1v) is 10.1. The number of likely N-dealkylation sites (N-methyl/N-ethyl adjacent to an activating group) is 1. The number of para-hydroxylation sites is 1. The van der Waals surface area contributed by atoms with Crippen molar-refractivity contribution < 1.29 is 9.53 Å². The standard InChI is InChI=1S/C20H21ClN4O2S/c1-15-5-3-4-6-18(15)25-14-22-23-20(25)28-13-19(26)24(2)11-12-27-17-9-7-16(21)8-10-17/h3-10,14H,11-13H2,1-2H3. The number of aromatic nitrogens is 3. The zero-order valence-corrected chi connectivity index (χ0v) is 17.3. The lowest BCUT2D eigenvalue weighted by atomic mass is 10.2. The number of rotatable bonds is 8. The Hall–Kier alpha value is -2.51. The molecule has 146 valence electrons. The predicted octanol–water partition coefficient (Wildman–Crippen LogP) is 3.86. The normalized spacial score (nSPS) is 10.7. The van der Waals surface area contributed by atoms with Crippen LogP contribution in [-0.2, 0) is 4.79 Å². The largest absolute Gasteiger partial charge is 0.492 e. The number of benzene rings is 2. The van der Waals surface area contributed by atoms with E-state index < -0.39 is 0 Å². The number of halogens is 1. The van der Waals surface area contributed by atoms with E-state index in [1.54, 1.807) is 42.5 Å². The van der Waals surface area contributed by atoms with Gasteiger partial charge in [-0.15, -0.1) is 10.2 Å². The van der Waals surface area contributed by atoms with E-state index in [1.807, 2.05) is 35.8 Å². The molecule has 2 aromatic carbocycles. The Morgan fingerprint density at radius 2 is 1.96 bits per heavy atom. The molecule has 0 radical (unpaired) electrons. The van der Waals surface area contributed by atoms with Crippen molar-refractivity contribution in [2.24, 2.45) is 0 Å². The number of ether oxygens (including phenoxy) is 1. The molecule has 0 spiro atoms. The number of hydrogen-bond acceptors (Lipinski definition) is 5. The van der Waals surface area contributed by atoms with E-state index >= 15 is 0 Å². The SMILES string of the molecule is Cc1ccccc1-n1cnnc1SCC(=O)N(C)CCOc1ccc(Cl)cc1. The molecule has 1 heterocycles. The summed E-state index contributed by atoms with van der Waals surface area (Å²) in [6, 6.07) is 15.1. The molecule has 0 saturated carbocycles. The summed E-state index contributed by atoms with van der Waals surface area (Å²) in [5.41, 5.74) is 2.12. The second kappa shape index (κ2) is 9.61. The summed E-state index contributed by atoms with van der Waals surface area (Å²) in [7, 11) is 1.76. The summed E-state index contributed by atoms with van der Waals surface area (Å²) in [5, 5.41) is 9.48. The Morgan fingerprint density at radius 3 is 2.71 bits per heavy atom. The molecule has 0 aliphatic carbocycles. The minimum absolute atomic E-state index is 0.00374. The molecule has 28 heavy (non-hydrogen) atoms. The zero-order chi connectivity index (χ0) is 19.9. The third-order valence-corrected chi connectivity index (χ3v) is 5.33. The lowest BCUT2D eigenvalue weighted by molar-refractivity contribution is -0.127. The highest BCUT2D eigenvalue weighted by atomic mass is 35.5. The van der Waals surface area contributed by atoms with Crippen LogP contribution < -0.4 is 4.74 Å². The summed E-state index contributed by atoms with van der Waals surface area (Å²) in [4.78, 5) is 14.1. The number of carbonyl (C=O) groups excluding carboxylic acids is 1. The molecule has 0 N–H and O–H groups in total. The summed E-state index contributed by atoms with van der Waals surface area (Å²) in [6.07, 6.45) is 1.67. The van der Waals surface area contributed by atoms with Crippen molar-refractivity contribution in [1.29, 1.82) is 0 Å². The molecule has 0 saturated heterocycles. The van der Waals surface area contributed by atoms with Crippen molar-refractivity contribution in [2.45, 2.75) is 12.1 Å². The van der Waals surface area contributed by atoms with E-state index in [0.29, 0.717) is 23.3 Å². The quantitative estimate of drug-likeness (QED) is 0.522. The highest BCUT2D eigenvalue weighted by Crippen LogP contribution is 2.22. The van der Waals surface area contributed by atoms with Gasteiger partial charge in [-0.05, 0) is 42.8 Å². The molecule has 0 fully saturated rings. The smallest absolute Gasteiger partial charge is 0.232 e. The van der Waals surface area contributed by atoms with Crippen molar-refractivity contribution in [2.75, 3.05) is 26.0 Å². The number of nitrogens with zero attached hydrogens (tertiary/aromatic N) is 4. The third-order valence-electron chi connectivity index (χ3n) is 4.15. The lowest BCUT2D eigenvalue weighted by Gasteiger charge is -2.17. The van der Waals surface area contributed by atoms with Crippen LogP contribution in [-0.4, -0.2) is 51.5 Å². The van der Waals surface area contributed by atoms with Crippen LogP contribution in [0.4, 0.5) is 0 Å². The van der Waals surface area contributed by atoms with E-state index in [0.717, 1.165) is 17.0 Å². The first kappa shape index (κ1) is 20.2. The number of hydrogen-bond donors (Lipinski definition) is 0. The van der Waals surface area contributed by atoms with Crippen LogP contribution in [0.1, 0.15) is 5.56 Å². The van der Waals surface area contributed by atoms with E-state index in [4.69, 9.17) is 16.3 Å². The fraction of sp³-hybridized carbons (Fsp3) is 0.250. The topological polar surface area (TPSA) is 60.2 Å². The van der Waals surface area contributed by atoms with Gasteiger partial charge in [0, 0.05) is 12.1 Å². The Balaban J connectivity index is 1.50. The third kappa shape index (κ3) is 5.27. The molecular weight excluding hydrogens is 396 g/mol. The highest BCUT2D eigenvalue weighted by Gasteiger charge is 2.14. The van der Waals surface area contributed by atoms with Gasteiger partial charge >= 0.3 is 0 Å². The molecule has 0 aliphatic heterocycles. The van der Waals surface area contributed by atoms with Gasteiger partial charge in [-0.2, -0.15) is 0 Å². The van der Waals surface area contributed by atoms with Gasteiger partial charge in [0.25, 0.3) is 0 Å². The Bertz CT molecular complexity index is 930. The van der Waals surface area contributed by atoms with Gasteiger partial charge in [-0.3, -0.25) is 9.36 Å². The minimum atomic E-state index is 0.00374. The lowest BCUT2D eigenvalue weighted by Crippen LogP contribution is -2.32. The molecule has 0 unspecified atom stereocenters. The molecule has 3 rings (SSSR count). The molecule has 3 aromatic rings. The fourth-order valence-corrected chi connectivity index (χ4v) is 3.50. The van der Waals surface area contributed by atoms with Gasteiger partial charge in [0.2, 0.25) is 5.91 Å². The maximum atomic E-state index is 12.4. The first-order valence-electron chi connectivity index (χ1n) is 8.76. The summed E-state index contributed by atoms with van der Waals surface area (Å²) >= 11 is 7.22. The summed E-state index contributed by atoms with van der Waals surface area (Å²) < 4.78 is 7.54. The molecule has 6 nitrogen and oxygen atoms in total. The van der Waals surface area contributed by atoms with E-state index in [2.05, 4.69) is 10.2 Å². The van der Waals surface area contributed by atoms with Crippen LogP contribution in [0.25, 0.3) is 5.69 Å². The number of carbonyl (C=O) groups is 1. The molecular formula is C20H21ClN4O2S. The monoisotopic (exact) mass is 416 g/mol. The van der Waals surface area contributed by atoms with Gasteiger partial charge in [0.1, 0.15) is 18.7 Å². The Kier molecular flexibility index (Phi) is 6.95. The predicted molar refractivity (Wildman–Crippen MR) is 111 cm³/mol. The summed E-state index contributed by atoms with van der Waals surface area (Å²) in [5.74, 6) is 1.01. The van der Waals surface area contributed by atoms with Crippen LogP contribution >= 0.6 is 23.4 Å². The van der Waals surface area contributed by atoms with Gasteiger partial charge in [0.15, 0.2) is 5.16 Å². The number of aryl methyl sites for hydroxylation is 1. The van der Waals surface area contributed by atoms with Gasteiger partial charge < -0.3 is 9.64 Å². The van der Waals surface area contributed by atoms with Crippen LogP contribution in [0.2, 0.25) is 5.02 Å². The van der Waals surface area contributed by atoms with Crippen molar-refractivity contribution in [1.82, 2.24) is 19.7 Å². The van der Waals surface area contributed by atoms with Crippen LogP contribution in [0.5, 0.6) is 5.75 Å². The molecule has 1 amide bonds. The maximum Gasteiger partial charge on any atom is 0.232 e. The molecule has 0 bridgehead atoms. The zero-order valence-electron chi connectivity index (χ0n) is 15.7. The number of amides is 1. The van der Waals surface area contributed by atoms with Crippen molar-refractivity contribution in [3.63, 3.8) is 0 Å². The van der Waals surface area contributed by atoms with Crippen molar-refractivity contribution in [3.8, 4) is 11.4 Å². The molecule has 8 heteroatoms. The van der Waals surface area contributed by atoms with Crippen molar-refractivity contribution in [3.05, 3.63) is 65.4 Å². The second-order valence-electron chi connectivity index (χ2n) is 6.18. The van der Waals surface area contributed by atoms with Crippen molar-refractivity contribution >= 4 is 29.3 Å². The van der Waals surface area contributed by atoms with E-state index in [-0.39, 0.29) is 11.7 Å². The van der Waals surface area contributed by atoms with Crippen LogP contribution in [0.3, 0.4) is 0 Å². The first-order chi connectivity index (χ1) is 13.5. The van der Waals surface area contributed by atoms with E-state index in [9.17, 15) is 4.79 Å². The van der Waals surface area contributed by atoms with Gasteiger partial charge in [0.05, 0.1) is 18.0 Å². The number of thioether (sulfide) groups is 1. The van der Waals surface area contributed by atoms with Crippen LogP contribution in [0.15, 0.2) is 60.0 Å². The molecule has 0 atom stereocenters. The second-order valence-corrected chi connectivity index (χ2v) is 7.56. The average Bonchev–Trinajstić information content (AvgIpc) is 3.16. The Labute approximate surface area is 173 Å². The average molecular weight is 417 g/mol. The van der Waals surface area contributed by atoms with Gasteiger partial charge in [-0.1, -0.05) is 41.6 Å². The minimum Gasteiger partial charge on any atom is -0.492 e. The summed E-state index contributed by atoms with van der Waals surface area (Å²) in [6.45, 7) is 2.93. The Morgan fingerprint density at radius 1 is 1.21 bits per heavy atom. The van der Waals surface area contributed by atoms with Crippen LogP contribution in [0, 0.1) is 6.92 Å². The fourth-order valence-electron chi connectivity index (χ4n) is 2.51. The molecule has 1 aromatic heterocycles. The van der Waals surface area contributed by atoms with Gasteiger partial charge in [-0.25, -0.2) is 0 Å².